The minimum absolute atomic E-state index is 0.103. The molecule has 132 valence electrons. The molecule has 2 aromatic carbocycles. The van der Waals surface area contributed by atoms with Gasteiger partial charge < -0.3 is 16.0 Å². The normalized spacial score (nSPS) is 17.8. The second-order valence-electron chi connectivity index (χ2n) is 7.11. The highest BCUT2D eigenvalue weighted by Crippen LogP contribution is 2.29. The first-order valence-electron chi connectivity index (χ1n) is 8.94. The molecule has 0 aliphatic carbocycles. The lowest BCUT2D eigenvalue weighted by atomic mass is 9.88. The highest BCUT2D eigenvalue weighted by Gasteiger charge is 2.39. The van der Waals surface area contributed by atoms with Gasteiger partial charge in [-0.15, -0.1) is 0 Å². The zero-order chi connectivity index (χ0) is 17.9. The van der Waals surface area contributed by atoms with Crippen LogP contribution in [-0.2, 0) is 10.3 Å². The van der Waals surface area contributed by atoms with Crippen LogP contribution in [0.1, 0.15) is 30.9 Å². The first kappa shape index (κ1) is 17.5. The molecule has 2 aromatic rings. The van der Waals surface area contributed by atoms with Gasteiger partial charge in [0.2, 0.25) is 0 Å². The summed E-state index contributed by atoms with van der Waals surface area (Å²) in [6, 6.07) is 18.3. The minimum atomic E-state index is -0.808. The number of hydrogen-bond acceptors (Lipinski definition) is 3. The fraction of sp³-hybridized carbons (Fsp3) is 0.381. The summed E-state index contributed by atoms with van der Waals surface area (Å²) in [6.45, 7) is 5.47. The van der Waals surface area contributed by atoms with Crippen LogP contribution in [0.2, 0.25) is 0 Å². The third-order valence-corrected chi connectivity index (χ3v) is 5.05. The van der Waals surface area contributed by atoms with Crippen molar-refractivity contribution in [1.82, 2.24) is 4.90 Å². The Balaban J connectivity index is 1.91. The van der Waals surface area contributed by atoms with E-state index in [4.69, 9.17) is 5.73 Å². The summed E-state index contributed by atoms with van der Waals surface area (Å²) in [5, 5.41) is 3.48. The number of carbonyl (C=O) groups excluding carboxylic acids is 1. The molecule has 0 saturated carbocycles. The number of nitrogens with zero attached hydrogens (tertiary/aromatic N) is 1. The molecule has 3 rings (SSSR count). The van der Waals surface area contributed by atoms with Crippen LogP contribution in [0.3, 0.4) is 0 Å². The lowest BCUT2D eigenvalue weighted by Gasteiger charge is -2.39. The first-order chi connectivity index (χ1) is 12.0. The molecule has 1 aliphatic rings. The van der Waals surface area contributed by atoms with Crippen LogP contribution in [0.15, 0.2) is 54.6 Å². The molecule has 4 nitrogen and oxygen atoms in total. The molecule has 0 radical (unpaired) electrons. The zero-order valence-electron chi connectivity index (χ0n) is 15.0. The Labute approximate surface area is 150 Å². The summed E-state index contributed by atoms with van der Waals surface area (Å²) in [5.74, 6) is 0.103. The van der Waals surface area contributed by atoms with Crippen molar-refractivity contribution in [3.05, 3.63) is 65.7 Å². The maximum absolute atomic E-state index is 13.4. The van der Waals surface area contributed by atoms with Gasteiger partial charge in [-0.05, 0) is 44.4 Å². The minimum Gasteiger partial charge on any atom is -0.368 e. The first-order valence-corrected chi connectivity index (χ1v) is 8.94. The molecular formula is C21H27N3O. The molecule has 1 saturated heterocycles. The fourth-order valence-electron chi connectivity index (χ4n) is 3.36. The van der Waals surface area contributed by atoms with E-state index >= 15 is 0 Å². The van der Waals surface area contributed by atoms with Crippen molar-refractivity contribution < 1.29 is 4.79 Å². The van der Waals surface area contributed by atoms with E-state index in [2.05, 4.69) is 24.4 Å². The van der Waals surface area contributed by atoms with E-state index in [1.165, 1.54) is 5.56 Å². The van der Waals surface area contributed by atoms with Crippen LogP contribution in [0, 0.1) is 6.92 Å². The maximum Gasteiger partial charge on any atom is 0.252 e. The fourth-order valence-corrected chi connectivity index (χ4v) is 3.36. The Bertz CT molecular complexity index is 706. The molecule has 1 aliphatic heterocycles. The van der Waals surface area contributed by atoms with Crippen LogP contribution in [-0.4, -0.2) is 29.9 Å². The predicted octanol–water partition coefficient (Wildman–Crippen LogP) is 3.27. The van der Waals surface area contributed by atoms with Gasteiger partial charge in [-0.3, -0.25) is 4.79 Å². The van der Waals surface area contributed by atoms with Crippen LogP contribution in [0.25, 0.3) is 0 Å². The molecule has 1 atom stereocenters. The van der Waals surface area contributed by atoms with Gasteiger partial charge in [0.1, 0.15) is 5.54 Å². The number of amides is 1. The van der Waals surface area contributed by atoms with Crippen LogP contribution < -0.4 is 11.1 Å². The molecule has 0 spiro atoms. The van der Waals surface area contributed by atoms with Crippen molar-refractivity contribution in [2.45, 2.75) is 38.3 Å². The highest BCUT2D eigenvalue weighted by atomic mass is 16.2. The number of likely N-dealkylation sites (tertiary alicyclic amines) is 1. The molecule has 1 amide bonds. The number of carbonyl (C=O) groups is 1. The Morgan fingerprint density at radius 2 is 1.68 bits per heavy atom. The molecule has 1 fully saturated rings. The Morgan fingerprint density at radius 3 is 2.28 bits per heavy atom. The number of hydrogen-bond donors (Lipinski definition) is 2. The lowest BCUT2D eigenvalue weighted by molar-refractivity contribution is -0.136. The van der Waals surface area contributed by atoms with Crippen molar-refractivity contribution in [2.24, 2.45) is 5.73 Å². The summed E-state index contributed by atoms with van der Waals surface area (Å²) >= 11 is 0. The van der Waals surface area contributed by atoms with Gasteiger partial charge in [-0.1, -0.05) is 48.0 Å². The molecule has 0 aromatic heterocycles. The third-order valence-electron chi connectivity index (χ3n) is 5.05. The van der Waals surface area contributed by atoms with E-state index in [1.54, 1.807) is 0 Å². The van der Waals surface area contributed by atoms with Gasteiger partial charge in [-0.2, -0.15) is 0 Å². The van der Waals surface area contributed by atoms with Gasteiger partial charge in [0.15, 0.2) is 0 Å². The molecule has 0 bridgehead atoms. The molecule has 1 heterocycles. The highest BCUT2D eigenvalue weighted by molar-refractivity contribution is 5.90. The second-order valence-corrected chi connectivity index (χ2v) is 7.11. The van der Waals surface area contributed by atoms with Crippen molar-refractivity contribution in [3.8, 4) is 0 Å². The van der Waals surface area contributed by atoms with E-state index in [1.807, 2.05) is 54.3 Å². The van der Waals surface area contributed by atoms with Gasteiger partial charge >= 0.3 is 0 Å². The summed E-state index contributed by atoms with van der Waals surface area (Å²) in [6.07, 6.45) is 1.72. The smallest absolute Gasteiger partial charge is 0.252 e. The van der Waals surface area contributed by atoms with Gasteiger partial charge in [0.05, 0.1) is 0 Å². The Kier molecular flexibility index (Phi) is 5.09. The van der Waals surface area contributed by atoms with E-state index in [0.717, 1.165) is 37.2 Å². The Hall–Kier alpha value is -2.33. The predicted molar refractivity (Wildman–Crippen MR) is 102 cm³/mol. The van der Waals surface area contributed by atoms with E-state index in [9.17, 15) is 4.79 Å². The van der Waals surface area contributed by atoms with E-state index in [0.29, 0.717) is 0 Å². The summed E-state index contributed by atoms with van der Waals surface area (Å²) in [4.78, 5) is 15.4. The second kappa shape index (κ2) is 7.28. The van der Waals surface area contributed by atoms with Crippen molar-refractivity contribution >= 4 is 11.6 Å². The zero-order valence-corrected chi connectivity index (χ0v) is 15.0. The average molecular weight is 337 g/mol. The number of rotatable bonds is 4. The largest absolute Gasteiger partial charge is 0.368 e. The van der Waals surface area contributed by atoms with E-state index < -0.39 is 5.54 Å². The van der Waals surface area contributed by atoms with Gasteiger partial charge in [-0.25, -0.2) is 0 Å². The topological polar surface area (TPSA) is 58.4 Å². The summed E-state index contributed by atoms with van der Waals surface area (Å²) in [7, 11) is 0. The van der Waals surface area contributed by atoms with Crippen LogP contribution in [0.4, 0.5) is 5.69 Å². The molecule has 3 N–H and O–H groups in total. The number of nitrogens with two attached hydrogens (primary N) is 1. The van der Waals surface area contributed by atoms with Gasteiger partial charge in [0, 0.05) is 24.8 Å². The number of piperidine rings is 1. The average Bonchev–Trinajstić information content (AvgIpc) is 2.64. The van der Waals surface area contributed by atoms with E-state index in [-0.39, 0.29) is 11.9 Å². The molecule has 4 heteroatoms. The van der Waals surface area contributed by atoms with Gasteiger partial charge in [0.25, 0.3) is 5.91 Å². The molecular weight excluding hydrogens is 310 g/mol. The molecule has 25 heavy (non-hydrogen) atoms. The number of nitrogens with one attached hydrogen (secondary N) is 1. The lowest BCUT2D eigenvalue weighted by Crippen LogP contribution is -2.53. The number of benzene rings is 2. The van der Waals surface area contributed by atoms with Crippen molar-refractivity contribution in [1.29, 1.82) is 0 Å². The maximum atomic E-state index is 13.4. The number of aryl methyl sites for hydroxylation is 1. The monoisotopic (exact) mass is 337 g/mol. The Morgan fingerprint density at radius 1 is 1.08 bits per heavy atom. The summed E-state index contributed by atoms with van der Waals surface area (Å²) in [5.41, 5.74) is 8.30. The SMILES string of the molecule is Cc1ccc(N[C@](C)(C(=O)N2CCC(N)CC2)c2ccccc2)cc1. The van der Waals surface area contributed by atoms with Crippen molar-refractivity contribution in [2.75, 3.05) is 18.4 Å². The quantitative estimate of drug-likeness (QED) is 0.900. The van der Waals surface area contributed by atoms with Crippen molar-refractivity contribution in [3.63, 3.8) is 0 Å². The molecule has 0 unspecified atom stereocenters. The number of anilines is 1. The van der Waals surface area contributed by atoms with Crippen LogP contribution >= 0.6 is 0 Å². The summed E-state index contributed by atoms with van der Waals surface area (Å²) < 4.78 is 0. The van der Waals surface area contributed by atoms with Crippen LogP contribution in [0.5, 0.6) is 0 Å². The standard InChI is InChI=1S/C21H27N3O/c1-16-8-10-19(11-9-16)23-21(2,17-6-4-3-5-7-17)20(25)24-14-12-18(22)13-15-24/h3-11,18,23H,12-15,22H2,1-2H3/t21-/m0/s1. The third kappa shape index (κ3) is 3.85.